The van der Waals surface area contributed by atoms with Crippen molar-refractivity contribution in [1.82, 2.24) is 40.5 Å². The van der Waals surface area contributed by atoms with Crippen molar-refractivity contribution in [2.45, 2.75) is 72.1 Å². The van der Waals surface area contributed by atoms with Crippen molar-refractivity contribution in [2.24, 2.45) is 0 Å². The van der Waals surface area contributed by atoms with Crippen LogP contribution in [0.25, 0.3) is 40.9 Å². The van der Waals surface area contributed by atoms with Crippen molar-refractivity contribution >= 4 is 98.4 Å². The first kappa shape index (κ1) is 52.3. The zero-order valence-electron chi connectivity index (χ0n) is 40.8. The SMILES string of the molecule is CCO.CCOc1nc(N2CCNCC2)c2sc3nc(N4CCOCC4)c4c(c3c2n1)CCCC4.CC[O-].Clc1nc(N2CCNCC2)c2sc3nc(N4CCOCC4)c4c(c3c2n1)CCCC4.[Na+]. The molecule has 10 heterocycles. The molecule has 0 unspecified atom stereocenters. The van der Waals surface area contributed by atoms with Crippen molar-refractivity contribution in [3.05, 3.63) is 27.5 Å². The number of piperazine rings is 2. The summed E-state index contributed by atoms with van der Waals surface area (Å²) in [5, 5.41) is 26.1. The minimum absolute atomic E-state index is 0. The van der Waals surface area contributed by atoms with Crippen molar-refractivity contribution in [3.8, 4) is 6.01 Å². The van der Waals surface area contributed by atoms with Gasteiger partial charge in [0.2, 0.25) is 5.28 Å². The summed E-state index contributed by atoms with van der Waals surface area (Å²) in [6.07, 6.45) is 9.25. The number of fused-ring (bicyclic) bond motifs is 10. The molecule has 368 valence electrons. The number of aryl methyl sites for hydroxylation is 2. The number of ether oxygens (including phenoxy) is 3. The fourth-order valence-corrected chi connectivity index (χ4v) is 12.7. The average Bonchev–Trinajstić information content (AvgIpc) is 3.96. The second-order valence-electron chi connectivity index (χ2n) is 17.5. The van der Waals surface area contributed by atoms with Crippen molar-refractivity contribution in [3.63, 3.8) is 0 Å². The number of aromatic nitrogens is 6. The number of thiophene rings is 2. The summed E-state index contributed by atoms with van der Waals surface area (Å²) in [6.45, 7) is 20.4. The van der Waals surface area contributed by atoms with Crippen LogP contribution in [0, 0.1) is 0 Å². The van der Waals surface area contributed by atoms with Gasteiger partial charge in [0.05, 0.1) is 48.0 Å². The molecule has 0 bridgehead atoms. The average molecular weight is 1010 g/mol. The molecule has 0 spiro atoms. The summed E-state index contributed by atoms with van der Waals surface area (Å²) in [5.74, 6) is 4.30. The van der Waals surface area contributed by atoms with Crippen LogP contribution in [0.4, 0.5) is 23.3 Å². The molecule has 21 heteroatoms. The number of aliphatic hydroxyl groups excluding tert-OH is 1. The number of pyridine rings is 2. The van der Waals surface area contributed by atoms with Crippen LogP contribution in [0.2, 0.25) is 5.28 Å². The Labute approximate surface area is 440 Å². The third-order valence-electron chi connectivity index (χ3n) is 13.2. The zero-order chi connectivity index (χ0) is 47.0. The van der Waals surface area contributed by atoms with E-state index in [1.54, 1.807) is 36.5 Å². The maximum absolute atomic E-state index is 8.93. The Morgan fingerprint density at radius 2 is 0.971 bits per heavy atom. The Bertz CT molecular complexity index is 2650. The summed E-state index contributed by atoms with van der Waals surface area (Å²) >= 11 is 9.91. The molecule has 0 radical (unpaired) electrons. The Morgan fingerprint density at radius 3 is 1.41 bits per heavy atom. The Kier molecular flexibility index (Phi) is 19.0. The molecule has 69 heavy (non-hydrogen) atoms. The minimum Gasteiger partial charge on any atom is -0.855 e. The number of nitrogens with zero attached hydrogens (tertiary/aromatic N) is 10. The van der Waals surface area contributed by atoms with E-state index in [1.165, 1.54) is 64.5 Å². The molecule has 0 saturated carbocycles. The molecule has 12 rings (SSSR count). The van der Waals surface area contributed by atoms with Gasteiger partial charge in [-0.2, -0.15) is 15.0 Å². The third kappa shape index (κ3) is 11.4. The van der Waals surface area contributed by atoms with Crippen LogP contribution in [-0.4, -0.2) is 160 Å². The topological polar surface area (TPSA) is 185 Å². The fourth-order valence-electron chi connectivity index (χ4n) is 10.2. The maximum Gasteiger partial charge on any atom is 1.00 e. The van der Waals surface area contributed by atoms with Crippen molar-refractivity contribution in [1.29, 1.82) is 0 Å². The standard InChI is InChI=1S/C23H30N6O2S.C21H25ClN6OS.C2H6O.C2H5O.Na/c1-2-31-23-25-18-17-15-5-3-4-6-16(15)20(29-11-13-30-14-12-29)26-22(17)32-19(18)21(27-23)28-9-7-24-8-10-28;22-21-24-16-15-13-3-1-2-4-14(13)18(28-9-11-29-12-10-28)25-20(15)30-17(16)19(26-21)27-7-5-23-6-8-27;2*1-2-3;/h24H,2-14H2,1H3;23H,1-12H2;3H,2H2,1H3;2H2,1H3;/q;;;-1;+1. The van der Waals surface area contributed by atoms with Gasteiger partial charge in [-0.3, -0.25) is 0 Å². The molecule has 0 amide bonds. The van der Waals surface area contributed by atoms with Crippen LogP contribution >= 0.6 is 34.3 Å². The van der Waals surface area contributed by atoms with Crippen molar-refractivity contribution in [2.75, 3.05) is 144 Å². The molecule has 4 saturated heterocycles. The first-order chi connectivity index (χ1) is 33.5. The molecule has 0 aromatic carbocycles. The Hall–Kier alpha value is -3.05. The Balaban J connectivity index is 0.000000165. The molecule has 0 atom stereocenters. The summed E-state index contributed by atoms with van der Waals surface area (Å²) in [7, 11) is 0. The van der Waals surface area contributed by atoms with Gasteiger partial charge in [-0.05, 0) is 99.1 Å². The van der Waals surface area contributed by atoms with Crippen LogP contribution in [0.1, 0.15) is 68.7 Å². The number of halogens is 1. The second-order valence-corrected chi connectivity index (χ2v) is 19.8. The molecular weight excluding hydrogens is 947 g/mol. The van der Waals surface area contributed by atoms with Gasteiger partial charge in [0.25, 0.3) is 0 Å². The number of hydrogen-bond donors (Lipinski definition) is 3. The van der Waals surface area contributed by atoms with E-state index in [0.29, 0.717) is 17.9 Å². The summed E-state index contributed by atoms with van der Waals surface area (Å²) < 4.78 is 19.3. The van der Waals surface area contributed by atoms with E-state index in [2.05, 4.69) is 35.2 Å². The van der Waals surface area contributed by atoms with Gasteiger partial charge in [0.1, 0.15) is 26.8 Å². The van der Waals surface area contributed by atoms with E-state index < -0.39 is 0 Å². The summed E-state index contributed by atoms with van der Waals surface area (Å²) in [6, 6.07) is 0.482. The van der Waals surface area contributed by atoms with Crippen LogP contribution in [0.5, 0.6) is 6.01 Å². The molecular formula is C48H66ClN12NaO5S2. The van der Waals surface area contributed by atoms with E-state index in [9.17, 15) is 0 Å². The number of aliphatic hydroxyl groups is 1. The molecule has 17 nitrogen and oxygen atoms in total. The summed E-state index contributed by atoms with van der Waals surface area (Å²) in [5.41, 5.74) is 7.72. The van der Waals surface area contributed by atoms with Gasteiger partial charge in [0.15, 0.2) is 11.6 Å². The van der Waals surface area contributed by atoms with Gasteiger partial charge in [0, 0.05) is 95.9 Å². The number of hydrogen-bond acceptors (Lipinski definition) is 19. The molecule has 2 aliphatic carbocycles. The number of rotatable bonds is 6. The maximum atomic E-state index is 8.93. The largest absolute Gasteiger partial charge is 1.00 e. The first-order valence-electron chi connectivity index (χ1n) is 24.8. The Morgan fingerprint density at radius 1 is 0.580 bits per heavy atom. The number of morpholine rings is 2. The van der Waals surface area contributed by atoms with Gasteiger partial charge in [-0.15, -0.1) is 29.3 Å². The number of nitrogens with one attached hydrogen (secondary N) is 2. The molecule has 6 aromatic rings. The van der Waals surface area contributed by atoms with Crippen LogP contribution in [0.15, 0.2) is 0 Å². The fraction of sp³-hybridized carbons (Fsp3) is 0.625. The van der Waals surface area contributed by atoms with Gasteiger partial charge in [-0.1, -0.05) is 6.92 Å². The van der Waals surface area contributed by atoms with Crippen LogP contribution in [-0.2, 0) is 35.2 Å². The van der Waals surface area contributed by atoms with Crippen molar-refractivity contribution < 1.29 is 54.0 Å². The molecule has 4 aliphatic heterocycles. The predicted octanol–water partition coefficient (Wildman–Crippen LogP) is 2.15. The van der Waals surface area contributed by atoms with E-state index in [1.807, 2.05) is 6.92 Å². The quantitative estimate of drug-likeness (QED) is 0.163. The normalized spacial score (nSPS) is 18.3. The minimum atomic E-state index is 0. The molecule has 3 N–H and O–H groups in total. The number of anilines is 4. The first-order valence-corrected chi connectivity index (χ1v) is 26.8. The zero-order valence-corrected chi connectivity index (χ0v) is 45.2. The second kappa shape index (κ2) is 25.1. The molecule has 6 aliphatic rings. The van der Waals surface area contributed by atoms with E-state index in [0.717, 1.165) is 178 Å². The molecule has 4 fully saturated rings. The monoisotopic (exact) mass is 1010 g/mol. The van der Waals surface area contributed by atoms with Gasteiger partial charge < -0.3 is 54.7 Å². The van der Waals surface area contributed by atoms with Gasteiger partial charge in [-0.25, -0.2) is 15.0 Å². The van der Waals surface area contributed by atoms with E-state index in [4.69, 9.17) is 60.9 Å². The predicted molar refractivity (Wildman–Crippen MR) is 274 cm³/mol. The smallest absolute Gasteiger partial charge is 0.855 e. The summed E-state index contributed by atoms with van der Waals surface area (Å²) in [4.78, 5) is 41.3. The molecule has 6 aromatic heterocycles. The van der Waals surface area contributed by atoms with Crippen LogP contribution < -0.4 is 69.6 Å². The van der Waals surface area contributed by atoms with Crippen LogP contribution in [0.3, 0.4) is 0 Å². The van der Waals surface area contributed by atoms with Gasteiger partial charge >= 0.3 is 35.6 Å². The third-order valence-corrected chi connectivity index (χ3v) is 15.5. The van der Waals surface area contributed by atoms with E-state index >= 15 is 0 Å². The van der Waals surface area contributed by atoms with E-state index in [-0.39, 0.29) is 42.8 Å².